The van der Waals surface area contributed by atoms with Crippen LogP contribution in [0.3, 0.4) is 0 Å². The molecule has 0 unspecified atom stereocenters. The number of amides is 1. The molecule has 1 N–H and O–H groups in total. The second kappa shape index (κ2) is 8.34. The first-order chi connectivity index (χ1) is 12.7. The third kappa shape index (κ3) is 4.12. The van der Waals surface area contributed by atoms with Crippen LogP contribution in [0.1, 0.15) is 0 Å². The average Bonchev–Trinajstić information content (AvgIpc) is 3.16. The molecular formula is C17H17N5O3S. The number of carbonyl (C=O) groups excluding carboxylic acids is 1. The molecule has 0 saturated heterocycles. The summed E-state index contributed by atoms with van der Waals surface area (Å²) in [6, 6.07) is 8.92. The second-order valence-electron chi connectivity index (χ2n) is 5.10. The van der Waals surface area contributed by atoms with Crippen LogP contribution in [0.4, 0.5) is 5.69 Å². The SMILES string of the molecule is COc1ccc(NC(=O)CSc2nncn2-c2cccnc2)c(OC)c1. The number of carbonyl (C=O) groups is 1. The molecule has 1 amide bonds. The van der Waals surface area contributed by atoms with Gasteiger partial charge in [0.2, 0.25) is 5.91 Å². The molecule has 2 heterocycles. The normalized spacial score (nSPS) is 10.4. The summed E-state index contributed by atoms with van der Waals surface area (Å²) in [7, 11) is 3.11. The maximum absolute atomic E-state index is 12.3. The molecule has 0 radical (unpaired) electrons. The molecule has 26 heavy (non-hydrogen) atoms. The van der Waals surface area contributed by atoms with Crippen molar-refractivity contribution in [2.24, 2.45) is 0 Å². The molecule has 9 heteroatoms. The highest BCUT2D eigenvalue weighted by molar-refractivity contribution is 7.99. The molecule has 0 aliphatic heterocycles. The molecule has 3 aromatic rings. The summed E-state index contributed by atoms with van der Waals surface area (Å²) in [6.45, 7) is 0. The Hall–Kier alpha value is -3.07. The van der Waals surface area contributed by atoms with Crippen LogP contribution in [0.2, 0.25) is 0 Å². The fraction of sp³-hybridized carbons (Fsp3) is 0.176. The van der Waals surface area contributed by atoms with Gasteiger partial charge in [-0.05, 0) is 24.3 Å². The predicted octanol–water partition coefficient (Wildman–Crippen LogP) is 2.41. The lowest BCUT2D eigenvalue weighted by molar-refractivity contribution is -0.113. The minimum Gasteiger partial charge on any atom is -0.497 e. The summed E-state index contributed by atoms with van der Waals surface area (Å²) < 4.78 is 12.2. The maximum Gasteiger partial charge on any atom is 0.234 e. The van der Waals surface area contributed by atoms with Gasteiger partial charge in [0.1, 0.15) is 17.8 Å². The molecule has 3 rings (SSSR count). The molecule has 0 aliphatic carbocycles. The topological polar surface area (TPSA) is 91.2 Å². The van der Waals surface area contributed by atoms with Crippen molar-refractivity contribution in [1.29, 1.82) is 0 Å². The Morgan fingerprint density at radius 2 is 2.15 bits per heavy atom. The van der Waals surface area contributed by atoms with Gasteiger partial charge in [-0.2, -0.15) is 0 Å². The summed E-state index contributed by atoms with van der Waals surface area (Å²) in [4.78, 5) is 16.4. The fourth-order valence-corrected chi connectivity index (χ4v) is 2.94. The van der Waals surface area contributed by atoms with E-state index in [2.05, 4.69) is 20.5 Å². The summed E-state index contributed by atoms with van der Waals surface area (Å²) in [5, 5.41) is 11.4. The van der Waals surface area contributed by atoms with Gasteiger partial charge in [-0.3, -0.25) is 14.3 Å². The van der Waals surface area contributed by atoms with Crippen molar-refractivity contribution in [2.45, 2.75) is 5.16 Å². The van der Waals surface area contributed by atoms with Crippen molar-refractivity contribution in [3.05, 3.63) is 49.1 Å². The number of pyridine rings is 1. The Morgan fingerprint density at radius 3 is 2.88 bits per heavy atom. The highest BCUT2D eigenvalue weighted by atomic mass is 32.2. The molecule has 0 bridgehead atoms. The van der Waals surface area contributed by atoms with Crippen molar-refractivity contribution < 1.29 is 14.3 Å². The van der Waals surface area contributed by atoms with Gasteiger partial charge in [-0.25, -0.2) is 0 Å². The van der Waals surface area contributed by atoms with E-state index in [1.165, 1.54) is 18.9 Å². The van der Waals surface area contributed by atoms with Gasteiger partial charge in [-0.1, -0.05) is 11.8 Å². The van der Waals surface area contributed by atoms with E-state index < -0.39 is 0 Å². The van der Waals surface area contributed by atoms with Crippen LogP contribution in [0.15, 0.2) is 54.2 Å². The zero-order valence-electron chi connectivity index (χ0n) is 14.2. The van der Waals surface area contributed by atoms with E-state index in [0.29, 0.717) is 22.3 Å². The number of anilines is 1. The molecule has 8 nitrogen and oxygen atoms in total. The first-order valence-electron chi connectivity index (χ1n) is 7.66. The van der Waals surface area contributed by atoms with E-state index in [-0.39, 0.29) is 11.7 Å². The number of hydrogen-bond donors (Lipinski definition) is 1. The number of hydrogen-bond acceptors (Lipinski definition) is 7. The van der Waals surface area contributed by atoms with Crippen LogP contribution in [0, 0.1) is 0 Å². The summed E-state index contributed by atoms with van der Waals surface area (Å²) in [5.41, 5.74) is 1.41. The minimum atomic E-state index is -0.181. The summed E-state index contributed by atoms with van der Waals surface area (Å²) in [6.07, 6.45) is 4.98. The van der Waals surface area contributed by atoms with E-state index in [4.69, 9.17) is 9.47 Å². The van der Waals surface area contributed by atoms with Gasteiger partial charge in [0.15, 0.2) is 5.16 Å². The average molecular weight is 371 g/mol. The second-order valence-corrected chi connectivity index (χ2v) is 6.04. The number of thioether (sulfide) groups is 1. The Bertz CT molecular complexity index is 885. The van der Waals surface area contributed by atoms with Crippen LogP contribution in [0.5, 0.6) is 11.5 Å². The van der Waals surface area contributed by atoms with E-state index in [1.54, 1.807) is 48.6 Å². The quantitative estimate of drug-likeness (QED) is 0.638. The van der Waals surface area contributed by atoms with E-state index in [9.17, 15) is 4.79 Å². The van der Waals surface area contributed by atoms with E-state index >= 15 is 0 Å². The number of methoxy groups -OCH3 is 2. The van der Waals surface area contributed by atoms with Crippen molar-refractivity contribution in [3.8, 4) is 17.2 Å². The Morgan fingerprint density at radius 1 is 1.27 bits per heavy atom. The lowest BCUT2D eigenvalue weighted by Crippen LogP contribution is -2.15. The molecule has 0 spiro atoms. The number of aromatic nitrogens is 4. The number of benzene rings is 1. The highest BCUT2D eigenvalue weighted by Crippen LogP contribution is 2.29. The lowest BCUT2D eigenvalue weighted by atomic mass is 10.2. The highest BCUT2D eigenvalue weighted by Gasteiger charge is 2.12. The number of rotatable bonds is 7. The van der Waals surface area contributed by atoms with Gasteiger partial charge in [0, 0.05) is 12.3 Å². The first kappa shape index (κ1) is 17.7. The third-order valence-corrected chi connectivity index (χ3v) is 4.40. The molecule has 2 aromatic heterocycles. The first-order valence-corrected chi connectivity index (χ1v) is 8.65. The van der Waals surface area contributed by atoms with E-state index in [1.807, 2.05) is 12.1 Å². The molecule has 1 aromatic carbocycles. The molecule has 0 aliphatic rings. The predicted molar refractivity (Wildman–Crippen MR) is 98.1 cm³/mol. The van der Waals surface area contributed by atoms with Crippen molar-refractivity contribution in [1.82, 2.24) is 19.7 Å². The van der Waals surface area contributed by atoms with E-state index in [0.717, 1.165) is 5.69 Å². The van der Waals surface area contributed by atoms with Crippen molar-refractivity contribution in [3.63, 3.8) is 0 Å². The number of ether oxygens (including phenoxy) is 2. The van der Waals surface area contributed by atoms with Crippen LogP contribution in [-0.2, 0) is 4.79 Å². The van der Waals surface area contributed by atoms with Crippen LogP contribution in [0.25, 0.3) is 5.69 Å². The Balaban J connectivity index is 1.65. The monoisotopic (exact) mass is 371 g/mol. The van der Waals surface area contributed by atoms with Gasteiger partial charge in [-0.15, -0.1) is 10.2 Å². The Kier molecular flexibility index (Phi) is 5.69. The number of nitrogens with zero attached hydrogens (tertiary/aromatic N) is 4. The summed E-state index contributed by atoms with van der Waals surface area (Å²) in [5.74, 6) is 1.17. The van der Waals surface area contributed by atoms with Crippen molar-refractivity contribution >= 4 is 23.4 Å². The van der Waals surface area contributed by atoms with Crippen LogP contribution < -0.4 is 14.8 Å². The lowest BCUT2D eigenvalue weighted by Gasteiger charge is -2.11. The molecule has 0 atom stereocenters. The third-order valence-electron chi connectivity index (χ3n) is 3.46. The standard InChI is InChI=1S/C17H17N5O3S/c1-24-13-5-6-14(15(8-13)25-2)20-16(23)10-26-17-21-19-11-22(17)12-4-3-7-18-9-12/h3-9,11H,10H2,1-2H3,(H,20,23). The van der Waals surface area contributed by atoms with Gasteiger partial charge < -0.3 is 14.8 Å². The van der Waals surface area contributed by atoms with Crippen LogP contribution >= 0.6 is 11.8 Å². The molecular weight excluding hydrogens is 354 g/mol. The van der Waals surface area contributed by atoms with Gasteiger partial charge >= 0.3 is 0 Å². The fourth-order valence-electron chi connectivity index (χ4n) is 2.21. The molecule has 134 valence electrons. The summed E-state index contributed by atoms with van der Waals surface area (Å²) >= 11 is 1.28. The Labute approximate surface area is 154 Å². The largest absolute Gasteiger partial charge is 0.497 e. The molecule has 0 fully saturated rings. The van der Waals surface area contributed by atoms with Gasteiger partial charge in [0.25, 0.3) is 0 Å². The zero-order valence-corrected chi connectivity index (χ0v) is 15.1. The van der Waals surface area contributed by atoms with Gasteiger partial charge in [0.05, 0.1) is 37.5 Å². The maximum atomic E-state index is 12.3. The number of nitrogens with one attached hydrogen (secondary N) is 1. The minimum absolute atomic E-state index is 0.175. The zero-order chi connectivity index (χ0) is 18.4. The smallest absolute Gasteiger partial charge is 0.234 e. The van der Waals surface area contributed by atoms with Crippen molar-refractivity contribution in [2.75, 3.05) is 25.3 Å². The van der Waals surface area contributed by atoms with Crippen LogP contribution in [-0.4, -0.2) is 45.6 Å². The molecule has 0 saturated carbocycles.